The first-order valence-electron chi connectivity index (χ1n) is 6.37. The third-order valence-corrected chi connectivity index (χ3v) is 3.12. The van der Waals surface area contributed by atoms with Gasteiger partial charge in [-0.1, -0.05) is 11.6 Å². The molecule has 1 aromatic carbocycles. The molecule has 0 aliphatic carbocycles. The zero-order chi connectivity index (χ0) is 14.4. The van der Waals surface area contributed by atoms with E-state index in [1.807, 2.05) is 13.8 Å². The number of halogens is 1. The molecule has 1 rings (SSSR count). The van der Waals surface area contributed by atoms with Crippen LogP contribution in [0.3, 0.4) is 0 Å². The number of aliphatic hydroxyl groups excluding tert-OH is 1. The molecule has 0 heterocycles. The predicted molar refractivity (Wildman–Crippen MR) is 75.5 cm³/mol. The molecular weight excluding hydrogens is 266 g/mol. The third kappa shape index (κ3) is 4.40. The fourth-order valence-electron chi connectivity index (χ4n) is 1.78. The largest absolute Gasteiger partial charge is 0.483 e. The molecule has 4 nitrogen and oxygen atoms in total. The van der Waals surface area contributed by atoms with Gasteiger partial charge in [0.05, 0.1) is 6.10 Å². The minimum absolute atomic E-state index is 0.0387. The van der Waals surface area contributed by atoms with Gasteiger partial charge in [0.1, 0.15) is 5.75 Å². The van der Waals surface area contributed by atoms with Crippen molar-refractivity contribution in [3.8, 4) is 5.75 Å². The highest BCUT2D eigenvalue weighted by Gasteiger charge is 2.14. The summed E-state index contributed by atoms with van der Waals surface area (Å²) >= 11 is 5.88. The van der Waals surface area contributed by atoms with Crippen LogP contribution in [0.25, 0.3) is 0 Å². The number of amides is 1. The van der Waals surface area contributed by atoms with E-state index in [9.17, 15) is 9.90 Å². The van der Waals surface area contributed by atoms with Crippen LogP contribution >= 0.6 is 11.6 Å². The van der Waals surface area contributed by atoms with Crippen LogP contribution in [-0.2, 0) is 4.79 Å². The number of ether oxygens (including phenoxy) is 1. The molecule has 0 aliphatic heterocycles. The molecule has 1 amide bonds. The summed E-state index contributed by atoms with van der Waals surface area (Å²) in [5.74, 6) is 0.413. The van der Waals surface area contributed by atoms with Gasteiger partial charge in [0.15, 0.2) is 6.61 Å². The van der Waals surface area contributed by atoms with Gasteiger partial charge in [-0.2, -0.15) is 0 Å². The summed E-state index contributed by atoms with van der Waals surface area (Å²) in [5.41, 5.74) is 0.583. The molecule has 19 heavy (non-hydrogen) atoms. The molecule has 0 saturated carbocycles. The monoisotopic (exact) mass is 285 g/mol. The van der Waals surface area contributed by atoms with E-state index in [-0.39, 0.29) is 12.5 Å². The molecule has 0 radical (unpaired) electrons. The second-order valence-corrected chi connectivity index (χ2v) is 4.65. The molecule has 5 heteroatoms. The Kier molecular flexibility index (Phi) is 6.12. The van der Waals surface area contributed by atoms with Gasteiger partial charge in [-0.05, 0) is 39.0 Å². The minimum Gasteiger partial charge on any atom is -0.483 e. The van der Waals surface area contributed by atoms with Crippen molar-refractivity contribution in [2.24, 2.45) is 0 Å². The van der Waals surface area contributed by atoms with E-state index < -0.39 is 6.10 Å². The van der Waals surface area contributed by atoms with Crippen molar-refractivity contribution in [1.29, 1.82) is 0 Å². The Morgan fingerprint density at radius 2 is 2.05 bits per heavy atom. The smallest absolute Gasteiger partial charge is 0.260 e. The normalized spacial score (nSPS) is 12.1. The Balaban J connectivity index is 2.75. The lowest BCUT2D eigenvalue weighted by Gasteiger charge is -2.20. The fraction of sp³-hybridized carbons (Fsp3) is 0.500. The van der Waals surface area contributed by atoms with Crippen LogP contribution in [0.4, 0.5) is 0 Å². The SMILES string of the molecule is CCN(CC)C(=O)COc1ccc(Cl)cc1C(C)O. The number of rotatable bonds is 6. The van der Waals surface area contributed by atoms with Gasteiger partial charge in [-0.25, -0.2) is 0 Å². The van der Waals surface area contributed by atoms with Crippen molar-refractivity contribution < 1.29 is 14.6 Å². The maximum absolute atomic E-state index is 11.8. The van der Waals surface area contributed by atoms with Crippen LogP contribution in [-0.4, -0.2) is 35.6 Å². The Bertz CT molecular complexity index is 431. The topological polar surface area (TPSA) is 49.8 Å². The summed E-state index contributed by atoms with van der Waals surface area (Å²) in [7, 11) is 0. The molecule has 1 unspecified atom stereocenters. The lowest BCUT2D eigenvalue weighted by Crippen LogP contribution is -2.34. The number of nitrogens with zero attached hydrogens (tertiary/aromatic N) is 1. The highest BCUT2D eigenvalue weighted by Crippen LogP contribution is 2.28. The van der Waals surface area contributed by atoms with Gasteiger partial charge >= 0.3 is 0 Å². The molecular formula is C14H20ClNO3. The molecule has 0 spiro atoms. The van der Waals surface area contributed by atoms with Gasteiger partial charge in [0.25, 0.3) is 5.91 Å². The van der Waals surface area contributed by atoms with E-state index in [0.29, 0.717) is 29.4 Å². The maximum Gasteiger partial charge on any atom is 0.260 e. The van der Waals surface area contributed by atoms with E-state index in [1.165, 1.54) is 0 Å². The van der Waals surface area contributed by atoms with Gasteiger partial charge in [0.2, 0.25) is 0 Å². The lowest BCUT2D eigenvalue weighted by atomic mass is 10.1. The average Bonchev–Trinajstić information content (AvgIpc) is 2.38. The number of benzene rings is 1. The van der Waals surface area contributed by atoms with Crippen molar-refractivity contribution in [3.63, 3.8) is 0 Å². The molecule has 1 N–H and O–H groups in total. The Morgan fingerprint density at radius 3 is 2.58 bits per heavy atom. The molecule has 1 atom stereocenters. The Hall–Kier alpha value is -1.26. The molecule has 106 valence electrons. The molecule has 0 aromatic heterocycles. The van der Waals surface area contributed by atoms with Crippen LogP contribution < -0.4 is 4.74 Å². The number of hydrogen-bond acceptors (Lipinski definition) is 3. The standard InChI is InChI=1S/C14H20ClNO3/c1-4-16(5-2)14(18)9-19-13-7-6-11(15)8-12(13)10(3)17/h6-8,10,17H,4-5,9H2,1-3H3. The lowest BCUT2D eigenvalue weighted by molar-refractivity contribution is -0.133. The summed E-state index contributed by atoms with van der Waals surface area (Å²) in [4.78, 5) is 13.5. The van der Waals surface area contributed by atoms with Gasteiger partial charge in [0, 0.05) is 23.7 Å². The number of carbonyl (C=O) groups is 1. The van der Waals surface area contributed by atoms with E-state index in [2.05, 4.69) is 0 Å². The molecule has 0 saturated heterocycles. The number of hydrogen-bond donors (Lipinski definition) is 1. The molecule has 0 bridgehead atoms. The second kappa shape index (κ2) is 7.36. The fourth-order valence-corrected chi connectivity index (χ4v) is 1.96. The first-order chi connectivity index (χ1) is 8.99. The van der Waals surface area contributed by atoms with Crippen molar-refractivity contribution in [2.45, 2.75) is 26.9 Å². The van der Waals surface area contributed by atoms with Gasteiger partial charge in [-0.3, -0.25) is 4.79 Å². The van der Waals surface area contributed by atoms with Gasteiger partial charge in [-0.15, -0.1) is 0 Å². The number of likely N-dealkylation sites (N-methyl/N-ethyl adjacent to an activating group) is 1. The number of aliphatic hydroxyl groups is 1. The van der Waals surface area contributed by atoms with E-state index in [1.54, 1.807) is 30.0 Å². The summed E-state index contributed by atoms with van der Waals surface area (Å²) in [6, 6.07) is 4.98. The number of carbonyl (C=O) groups excluding carboxylic acids is 1. The van der Waals surface area contributed by atoms with E-state index in [0.717, 1.165) is 0 Å². The van der Waals surface area contributed by atoms with Crippen LogP contribution in [0.5, 0.6) is 5.75 Å². The zero-order valence-electron chi connectivity index (χ0n) is 11.5. The molecule has 0 aliphatic rings. The summed E-state index contributed by atoms with van der Waals surface area (Å²) in [6.07, 6.45) is -0.697. The summed E-state index contributed by atoms with van der Waals surface area (Å²) in [6.45, 7) is 6.74. The highest BCUT2D eigenvalue weighted by atomic mass is 35.5. The van der Waals surface area contributed by atoms with E-state index >= 15 is 0 Å². The van der Waals surface area contributed by atoms with Crippen molar-refractivity contribution in [3.05, 3.63) is 28.8 Å². The average molecular weight is 286 g/mol. The summed E-state index contributed by atoms with van der Waals surface area (Å²) in [5, 5.41) is 10.2. The van der Waals surface area contributed by atoms with Crippen molar-refractivity contribution >= 4 is 17.5 Å². The predicted octanol–water partition coefficient (Wildman–Crippen LogP) is 2.64. The van der Waals surface area contributed by atoms with Crippen molar-refractivity contribution in [2.75, 3.05) is 19.7 Å². The van der Waals surface area contributed by atoms with E-state index in [4.69, 9.17) is 16.3 Å². The highest BCUT2D eigenvalue weighted by molar-refractivity contribution is 6.30. The second-order valence-electron chi connectivity index (χ2n) is 4.21. The first-order valence-corrected chi connectivity index (χ1v) is 6.75. The van der Waals surface area contributed by atoms with Gasteiger partial charge < -0.3 is 14.7 Å². The Morgan fingerprint density at radius 1 is 1.42 bits per heavy atom. The third-order valence-electron chi connectivity index (χ3n) is 2.89. The van der Waals surface area contributed by atoms with Crippen LogP contribution in [0.2, 0.25) is 5.02 Å². The Labute approximate surface area is 118 Å². The first kappa shape index (κ1) is 15.8. The zero-order valence-corrected chi connectivity index (χ0v) is 12.3. The van der Waals surface area contributed by atoms with Crippen LogP contribution in [0, 0.1) is 0 Å². The quantitative estimate of drug-likeness (QED) is 0.874. The van der Waals surface area contributed by atoms with Crippen LogP contribution in [0.1, 0.15) is 32.4 Å². The molecule has 1 aromatic rings. The van der Waals surface area contributed by atoms with Crippen molar-refractivity contribution in [1.82, 2.24) is 4.90 Å². The van der Waals surface area contributed by atoms with Crippen LogP contribution in [0.15, 0.2) is 18.2 Å². The molecule has 0 fully saturated rings. The maximum atomic E-state index is 11.8. The summed E-state index contributed by atoms with van der Waals surface area (Å²) < 4.78 is 5.49. The minimum atomic E-state index is -0.697.